The zero-order chi connectivity index (χ0) is 14.4. The van der Waals surface area contributed by atoms with Crippen LogP contribution in [-0.4, -0.2) is 45.2 Å². The Kier molecular flexibility index (Phi) is 5.75. The van der Waals surface area contributed by atoms with Crippen molar-refractivity contribution in [1.82, 2.24) is 15.5 Å². The van der Waals surface area contributed by atoms with Gasteiger partial charge >= 0.3 is 5.97 Å². The molecule has 0 aromatic carbocycles. The summed E-state index contributed by atoms with van der Waals surface area (Å²) in [5.41, 5.74) is 1.46. The molecular weight excluding hydrogens is 266 g/mol. The van der Waals surface area contributed by atoms with Gasteiger partial charge in [-0.1, -0.05) is 0 Å². The van der Waals surface area contributed by atoms with Crippen molar-refractivity contribution < 1.29 is 14.7 Å². The molecule has 2 N–H and O–H groups in total. The molecule has 104 valence electrons. The Labute approximate surface area is 116 Å². The zero-order valence-corrected chi connectivity index (χ0v) is 12.0. The monoisotopic (exact) mass is 283 g/mol. The predicted molar refractivity (Wildman–Crippen MR) is 73.4 cm³/mol. The molecule has 19 heavy (non-hydrogen) atoms. The Morgan fingerprint density at radius 2 is 2.11 bits per heavy atom. The van der Waals surface area contributed by atoms with E-state index in [2.05, 4.69) is 15.5 Å². The van der Waals surface area contributed by atoms with Crippen molar-refractivity contribution in [2.75, 3.05) is 12.0 Å². The van der Waals surface area contributed by atoms with Crippen LogP contribution in [0.5, 0.6) is 0 Å². The molecule has 1 rings (SSSR count). The van der Waals surface area contributed by atoms with E-state index in [-0.39, 0.29) is 0 Å². The summed E-state index contributed by atoms with van der Waals surface area (Å²) < 4.78 is 0. The number of carboxylic acids is 1. The molecule has 0 saturated carbocycles. The first kappa shape index (κ1) is 15.4. The molecule has 0 unspecified atom stereocenters. The molecular formula is C12H17N3O3S. The lowest BCUT2D eigenvalue weighted by Gasteiger charge is -2.14. The molecule has 0 spiro atoms. The summed E-state index contributed by atoms with van der Waals surface area (Å²) in [6, 6.07) is 0.721. The van der Waals surface area contributed by atoms with Crippen molar-refractivity contribution >= 4 is 23.6 Å². The first-order chi connectivity index (χ1) is 8.95. The number of aryl methyl sites for hydroxylation is 2. The average molecular weight is 283 g/mol. The molecule has 0 aliphatic rings. The van der Waals surface area contributed by atoms with Crippen LogP contribution in [0.2, 0.25) is 0 Å². The van der Waals surface area contributed by atoms with Crippen LogP contribution in [0.25, 0.3) is 0 Å². The summed E-state index contributed by atoms with van der Waals surface area (Å²) in [7, 11) is 0. The molecule has 0 aliphatic heterocycles. The minimum Gasteiger partial charge on any atom is -0.480 e. The van der Waals surface area contributed by atoms with Crippen LogP contribution in [0.15, 0.2) is 6.07 Å². The second-order valence-corrected chi connectivity index (χ2v) is 5.12. The molecule has 0 fully saturated rings. The van der Waals surface area contributed by atoms with E-state index in [1.165, 1.54) is 11.8 Å². The summed E-state index contributed by atoms with van der Waals surface area (Å²) in [5.74, 6) is -0.785. The number of nitrogens with one attached hydrogen (secondary N) is 1. The van der Waals surface area contributed by atoms with Crippen LogP contribution >= 0.6 is 11.8 Å². The summed E-state index contributed by atoms with van der Waals surface area (Å²) in [4.78, 5) is 23.1. The van der Waals surface area contributed by atoms with E-state index in [1.54, 1.807) is 19.9 Å². The summed E-state index contributed by atoms with van der Waals surface area (Å²) in [5, 5.41) is 19.3. The lowest BCUT2D eigenvalue weighted by atomic mass is 10.1. The lowest BCUT2D eigenvalue weighted by molar-refractivity contribution is -0.139. The van der Waals surface area contributed by atoms with Gasteiger partial charge in [-0.25, -0.2) is 4.79 Å². The van der Waals surface area contributed by atoms with E-state index < -0.39 is 17.9 Å². The molecule has 1 aromatic heterocycles. The molecule has 1 heterocycles. The van der Waals surface area contributed by atoms with Gasteiger partial charge in [0.1, 0.15) is 6.04 Å². The van der Waals surface area contributed by atoms with Gasteiger partial charge in [-0.2, -0.15) is 22.0 Å². The van der Waals surface area contributed by atoms with Gasteiger partial charge in [-0.15, -0.1) is 0 Å². The lowest BCUT2D eigenvalue weighted by Crippen LogP contribution is -2.41. The zero-order valence-electron chi connectivity index (χ0n) is 11.1. The van der Waals surface area contributed by atoms with Crippen LogP contribution in [-0.2, 0) is 4.79 Å². The minimum absolute atomic E-state index is 0.364. The van der Waals surface area contributed by atoms with E-state index in [1.807, 2.05) is 6.26 Å². The standard InChI is InChI=1S/C12H17N3O3S/c1-7-6-9(8(2)15-14-7)11(16)13-10(12(17)18)4-5-19-3/h6,10H,4-5H2,1-3H3,(H,13,16)(H,17,18)/t10-/m0/s1. The molecule has 0 bridgehead atoms. The molecule has 7 heteroatoms. The number of hydrogen-bond acceptors (Lipinski definition) is 5. The fraction of sp³-hybridized carbons (Fsp3) is 0.500. The van der Waals surface area contributed by atoms with E-state index in [0.29, 0.717) is 29.1 Å². The number of hydrogen-bond donors (Lipinski definition) is 2. The van der Waals surface area contributed by atoms with Crippen molar-refractivity contribution in [3.63, 3.8) is 0 Å². The number of aliphatic carboxylic acids is 1. The van der Waals surface area contributed by atoms with Crippen molar-refractivity contribution in [2.24, 2.45) is 0 Å². The molecule has 1 aromatic rings. The van der Waals surface area contributed by atoms with Gasteiger partial charge in [-0.3, -0.25) is 4.79 Å². The van der Waals surface area contributed by atoms with Crippen LogP contribution in [0.1, 0.15) is 28.2 Å². The number of amides is 1. The first-order valence-electron chi connectivity index (χ1n) is 5.79. The van der Waals surface area contributed by atoms with Gasteiger partial charge in [0, 0.05) is 0 Å². The first-order valence-corrected chi connectivity index (χ1v) is 7.18. The second kappa shape index (κ2) is 7.08. The van der Waals surface area contributed by atoms with Crippen LogP contribution in [0.3, 0.4) is 0 Å². The van der Waals surface area contributed by atoms with E-state index in [9.17, 15) is 9.59 Å². The number of rotatable bonds is 6. The Bertz CT molecular complexity index is 479. The SMILES string of the molecule is CSCC[C@H](NC(=O)c1cc(C)nnc1C)C(=O)O. The average Bonchev–Trinajstić information content (AvgIpc) is 2.36. The number of carbonyl (C=O) groups excluding carboxylic acids is 1. The second-order valence-electron chi connectivity index (χ2n) is 4.13. The number of carboxylic acid groups (broad SMARTS) is 1. The maximum absolute atomic E-state index is 12.0. The third kappa shape index (κ3) is 4.51. The fourth-order valence-corrected chi connectivity index (χ4v) is 1.98. The van der Waals surface area contributed by atoms with Crippen LogP contribution < -0.4 is 5.32 Å². The highest BCUT2D eigenvalue weighted by Gasteiger charge is 2.21. The Morgan fingerprint density at radius 3 is 2.68 bits per heavy atom. The number of thioether (sulfide) groups is 1. The fourth-order valence-electron chi connectivity index (χ4n) is 1.51. The Morgan fingerprint density at radius 1 is 1.42 bits per heavy atom. The smallest absolute Gasteiger partial charge is 0.326 e. The number of carbonyl (C=O) groups is 2. The highest BCUT2D eigenvalue weighted by atomic mass is 32.2. The van der Waals surface area contributed by atoms with Gasteiger partial charge in [0.05, 0.1) is 17.0 Å². The number of nitrogens with zero attached hydrogens (tertiary/aromatic N) is 2. The molecule has 1 amide bonds. The predicted octanol–water partition coefficient (Wildman–Crippen LogP) is 1.03. The molecule has 0 aliphatic carbocycles. The van der Waals surface area contributed by atoms with Crippen LogP contribution in [0, 0.1) is 13.8 Å². The maximum atomic E-state index is 12.0. The van der Waals surface area contributed by atoms with Gasteiger partial charge in [0.2, 0.25) is 0 Å². The molecule has 0 saturated heterocycles. The Balaban J connectivity index is 2.81. The van der Waals surface area contributed by atoms with E-state index in [4.69, 9.17) is 5.11 Å². The Hall–Kier alpha value is -1.63. The van der Waals surface area contributed by atoms with Crippen molar-refractivity contribution in [2.45, 2.75) is 26.3 Å². The third-order valence-electron chi connectivity index (χ3n) is 2.56. The van der Waals surface area contributed by atoms with Crippen LogP contribution in [0.4, 0.5) is 0 Å². The summed E-state index contributed by atoms with van der Waals surface area (Å²) in [6.07, 6.45) is 2.28. The van der Waals surface area contributed by atoms with Gasteiger partial charge in [0.25, 0.3) is 5.91 Å². The number of aromatic nitrogens is 2. The van der Waals surface area contributed by atoms with Crippen molar-refractivity contribution in [3.05, 3.63) is 23.0 Å². The minimum atomic E-state index is -1.03. The topological polar surface area (TPSA) is 92.2 Å². The van der Waals surface area contributed by atoms with Gasteiger partial charge in [-0.05, 0) is 38.3 Å². The summed E-state index contributed by atoms with van der Waals surface area (Å²) >= 11 is 1.54. The van der Waals surface area contributed by atoms with Gasteiger partial charge in [0.15, 0.2) is 0 Å². The highest BCUT2D eigenvalue weighted by Crippen LogP contribution is 2.07. The third-order valence-corrected chi connectivity index (χ3v) is 3.20. The maximum Gasteiger partial charge on any atom is 0.326 e. The molecule has 1 atom stereocenters. The van der Waals surface area contributed by atoms with E-state index in [0.717, 1.165) is 0 Å². The quantitative estimate of drug-likeness (QED) is 0.810. The molecule has 0 radical (unpaired) electrons. The summed E-state index contributed by atoms with van der Waals surface area (Å²) in [6.45, 7) is 3.39. The highest BCUT2D eigenvalue weighted by molar-refractivity contribution is 7.98. The van der Waals surface area contributed by atoms with Crippen molar-refractivity contribution in [1.29, 1.82) is 0 Å². The normalized spacial score (nSPS) is 11.9. The largest absolute Gasteiger partial charge is 0.480 e. The molecule has 6 nitrogen and oxygen atoms in total. The van der Waals surface area contributed by atoms with E-state index >= 15 is 0 Å². The van der Waals surface area contributed by atoms with Gasteiger partial charge < -0.3 is 10.4 Å². The van der Waals surface area contributed by atoms with Crippen molar-refractivity contribution in [3.8, 4) is 0 Å².